The number of ether oxygens (including phenoxy) is 1. The van der Waals surface area contributed by atoms with Gasteiger partial charge in [0, 0.05) is 27.0 Å². The number of carbonyl (C=O) groups excluding carboxylic acids is 1. The van der Waals surface area contributed by atoms with Crippen molar-refractivity contribution >= 4 is 41.0 Å². The van der Waals surface area contributed by atoms with Gasteiger partial charge in [0.2, 0.25) is 0 Å². The van der Waals surface area contributed by atoms with E-state index in [-0.39, 0.29) is 6.09 Å². The zero-order valence-corrected chi connectivity index (χ0v) is 17.2. The van der Waals surface area contributed by atoms with E-state index in [4.69, 9.17) is 10.5 Å². The van der Waals surface area contributed by atoms with Crippen molar-refractivity contribution < 1.29 is 9.53 Å². The van der Waals surface area contributed by atoms with Gasteiger partial charge in [0.05, 0.1) is 10.8 Å². The first-order valence-corrected chi connectivity index (χ1v) is 10.6. The summed E-state index contributed by atoms with van der Waals surface area (Å²) in [6, 6.07) is 12.6. The summed E-state index contributed by atoms with van der Waals surface area (Å²) in [7, 11) is 0. The molecule has 0 spiro atoms. The van der Waals surface area contributed by atoms with Crippen LogP contribution in [-0.2, 0) is 11.3 Å². The number of benzene rings is 1. The Morgan fingerprint density at radius 1 is 1.16 bits per heavy atom. The lowest BCUT2D eigenvalue weighted by Gasteiger charge is -2.19. The summed E-state index contributed by atoms with van der Waals surface area (Å²) in [6.45, 7) is 6.73. The summed E-state index contributed by atoms with van der Waals surface area (Å²) in [5, 5.41) is 2.79. The highest BCUT2D eigenvalue weighted by Gasteiger charge is 2.15. The summed E-state index contributed by atoms with van der Waals surface area (Å²) in [4.78, 5) is 15.2. The van der Waals surface area contributed by atoms with Crippen molar-refractivity contribution in [2.24, 2.45) is 5.73 Å². The van der Waals surface area contributed by atoms with Gasteiger partial charge in [-0.2, -0.15) is 0 Å². The summed E-state index contributed by atoms with van der Waals surface area (Å²) < 4.78 is 6.44. The van der Waals surface area contributed by atoms with Gasteiger partial charge in [0.15, 0.2) is 0 Å². The number of hydrogen-bond donors (Lipinski definition) is 2. The van der Waals surface area contributed by atoms with E-state index in [9.17, 15) is 4.79 Å². The monoisotopic (exact) mass is 396 g/mol. The number of nitrogens with two attached hydrogens (primary N) is 1. The second-order valence-electron chi connectivity index (χ2n) is 6.29. The van der Waals surface area contributed by atoms with Gasteiger partial charge >= 0.3 is 6.09 Å². The Morgan fingerprint density at radius 2 is 1.84 bits per heavy atom. The van der Waals surface area contributed by atoms with Gasteiger partial charge < -0.3 is 15.8 Å². The molecule has 2 rings (SSSR count). The molecule has 1 amide bonds. The van der Waals surface area contributed by atoms with Crippen molar-refractivity contribution in [2.45, 2.75) is 46.9 Å². The standard InChI is InChI=1S/C18H24N2O2S3/c1-18(2,3)22-17(21)20-12-15-8-9-16(25-15)24-14-6-4-13(5-7-14)23-11-10-19/h4-9H,10-12,19H2,1-3H3,(H,20,21). The van der Waals surface area contributed by atoms with Crippen LogP contribution in [0.5, 0.6) is 0 Å². The third-order valence-corrected chi connectivity index (χ3v) is 6.14. The topological polar surface area (TPSA) is 64.3 Å². The molecule has 136 valence electrons. The van der Waals surface area contributed by atoms with Crippen LogP contribution in [0.15, 0.2) is 50.4 Å². The Morgan fingerprint density at radius 3 is 2.48 bits per heavy atom. The fraction of sp³-hybridized carbons (Fsp3) is 0.389. The van der Waals surface area contributed by atoms with E-state index in [0.29, 0.717) is 13.1 Å². The van der Waals surface area contributed by atoms with Crippen molar-refractivity contribution in [1.82, 2.24) is 5.32 Å². The largest absolute Gasteiger partial charge is 0.444 e. The Kier molecular flexibility index (Phi) is 7.68. The lowest BCUT2D eigenvalue weighted by atomic mass is 10.2. The van der Waals surface area contributed by atoms with Crippen LogP contribution in [0.4, 0.5) is 4.79 Å². The molecule has 0 saturated heterocycles. The maximum absolute atomic E-state index is 11.7. The van der Waals surface area contributed by atoms with Gasteiger partial charge in [-0.05, 0) is 57.2 Å². The maximum atomic E-state index is 11.7. The fourth-order valence-electron chi connectivity index (χ4n) is 1.88. The molecule has 3 N–H and O–H groups in total. The average molecular weight is 397 g/mol. The number of carbonyl (C=O) groups is 1. The van der Waals surface area contributed by atoms with E-state index in [1.54, 1.807) is 34.9 Å². The van der Waals surface area contributed by atoms with Crippen molar-refractivity contribution in [3.8, 4) is 0 Å². The molecule has 7 heteroatoms. The van der Waals surface area contributed by atoms with Crippen LogP contribution in [0.1, 0.15) is 25.6 Å². The molecule has 0 bridgehead atoms. The zero-order valence-electron chi connectivity index (χ0n) is 14.7. The van der Waals surface area contributed by atoms with Crippen LogP contribution in [0.3, 0.4) is 0 Å². The number of nitrogens with one attached hydrogen (secondary N) is 1. The highest BCUT2D eigenvalue weighted by molar-refractivity contribution is 8.01. The van der Waals surface area contributed by atoms with Crippen molar-refractivity contribution in [3.05, 3.63) is 41.3 Å². The number of rotatable bonds is 7. The van der Waals surface area contributed by atoms with Crippen LogP contribution in [-0.4, -0.2) is 24.0 Å². The van der Waals surface area contributed by atoms with Gasteiger partial charge in [-0.25, -0.2) is 4.79 Å². The third kappa shape index (κ3) is 7.73. The molecule has 0 radical (unpaired) electrons. The lowest BCUT2D eigenvalue weighted by Crippen LogP contribution is -2.31. The van der Waals surface area contributed by atoms with Crippen LogP contribution in [0.2, 0.25) is 0 Å². The predicted octanol–water partition coefficient (Wildman–Crippen LogP) is 4.97. The van der Waals surface area contributed by atoms with E-state index in [1.807, 2.05) is 26.8 Å². The van der Waals surface area contributed by atoms with E-state index in [2.05, 4.69) is 35.6 Å². The van der Waals surface area contributed by atoms with Crippen molar-refractivity contribution in [2.75, 3.05) is 12.3 Å². The Labute approximate surface area is 161 Å². The quantitative estimate of drug-likeness (QED) is 0.647. The van der Waals surface area contributed by atoms with E-state index >= 15 is 0 Å². The third-order valence-electron chi connectivity index (χ3n) is 2.87. The minimum absolute atomic E-state index is 0.388. The summed E-state index contributed by atoms with van der Waals surface area (Å²) >= 11 is 5.17. The molecular formula is C18H24N2O2S3. The number of thioether (sulfide) groups is 1. The molecule has 4 nitrogen and oxygen atoms in total. The van der Waals surface area contributed by atoms with E-state index in [1.165, 1.54) is 14.0 Å². The van der Waals surface area contributed by atoms with Crippen molar-refractivity contribution in [3.63, 3.8) is 0 Å². The molecule has 25 heavy (non-hydrogen) atoms. The Bertz CT molecular complexity index is 678. The SMILES string of the molecule is CC(C)(C)OC(=O)NCc1ccc(Sc2ccc(SCCN)cc2)s1. The molecule has 1 aromatic heterocycles. The fourth-order valence-corrected chi connectivity index (χ4v) is 4.65. The number of amides is 1. The molecule has 0 aliphatic rings. The first-order chi connectivity index (χ1) is 11.9. The molecule has 0 saturated carbocycles. The molecule has 0 aliphatic heterocycles. The van der Waals surface area contributed by atoms with Crippen LogP contribution < -0.4 is 11.1 Å². The normalized spacial score (nSPS) is 11.4. The smallest absolute Gasteiger partial charge is 0.407 e. The molecule has 2 aromatic rings. The second-order valence-corrected chi connectivity index (χ2v) is 10.00. The lowest BCUT2D eigenvalue weighted by molar-refractivity contribution is 0.0524. The number of alkyl carbamates (subject to hydrolysis) is 1. The zero-order chi connectivity index (χ0) is 18.3. The minimum atomic E-state index is -0.477. The first-order valence-electron chi connectivity index (χ1n) is 8.02. The highest BCUT2D eigenvalue weighted by Crippen LogP contribution is 2.34. The molecule has 0 aliphatic carbocycles. The predicted molar refractivity (Wildman–Crippen MR) is 108 cm³/mol. The number of hydrogen-bond acceptors (Lipinski definition) is 6. The van der Waals surface area contributed by atoms with Gasteiger partial charge in [-0.1, -0.05) is 11.8 Å². The summed E-state index contributed by atoms with van der Waals surface area (Å²) in [6.07, 6.45) is -0.388. The Balaban J connectivity index is 1.83. The molecule has 0 fully saturated rings. The average Bonchev–Trinajstić information content (AvgIpc) is 2.98. The van der Waals surface area contributed by atoms with Crippen LogP contribution >= 0.6 is 34.9 Å². The maximum Gasteiger partial charge on any atom is 0.407 e. The van der Waals surface area contributed by atoms with Crippen LogP contribution in [0.25, 0.3) is 0 Å². The van der Waals surface area contributed by atoms with Gasteiger partial charge in [-0.15, -0.1) is 23.1 Å². The minimum Gasteiger partial charge on any atom is -0.444 e. The van der Waals surface area contributed by atoms with Crippen molar-refractivity contribution in [1.29, 1.82) is 0 Å². The van der Waals surface area contributed by atoms with Gasteiger partial charge in [0.25, 0.3) is 0 Å². The molecule has 0 unspecified atom stereocenters. The molecular weight excluding hydrogens is 372 g/mol. The van der Waals surface area contributed by atoms with Crippen LogP contribution in [0, 0.1) is 0 Å². The number of thiophene rings is 1. The van der Waals surface area contributed by atoms with Gasteiger partial charge in [0.1, 0.15) is 5.60 Å². The molecule has 1 heterocycles. The molecule has 0 atom stereocenters. The highest BCUT2D eigenvalue weighted by atomic mass is 32.2. The van der Waals surface area contributed by atoms with E-state index < -0.39 is 5.60 Å². The Hall–Kier alpha value is -1.15. The molecule has 1 aromatic carbocycles. The summed E-state index contributed by atoms with van der Waals surface area (Å²) in [5.41, 5.74) is 5.05. The summed E-state index contributed by atoms with van der Waals surface area (Å²) in [5.74, 6) is 0.936. The first kappa shape index (κ1) is 20.2. The second kappa shape index (κ2) is 9.52. The van der Waals surface area contributed by atoms with Gasteiger partial charge in [-0.3, -0.25) is 0 Å². The van der Waals surface area contributed by atoms with E-state index in [0.717, 1.165) is 10.6 Å².